The Morgan fingerprint density at radius 3 is 1.26 bits per heavy atom. The second-order valence-corrected chi connectivity index (χ2v) is 3.51. The summed E-state index contributed by atoms with van der Waals surface area (Å²) in [5, 5.41) is 49.3. The number of nitrogens with zero attached hydrogens (tertiary/aromatic N) is 5. The van der Waals surface area contributed by atoms with E-state index in [1.165, 1.54) is 0 Å². The second-order valence-electron chi connectivity index (χ2n) is 3.51. The Balaban J connectivity index is -0.000000333. The molecule has 13 N–H and O–H groups in total. The van der Waals surface area contributed by atoms with E-state index in [1.807, 2.05) is 0 Å². The van der Waals surface area contributed by atoms with Crippen molar-refractivity contribution in [2.24, 2.45) is 43.6 Å². The van der Waals surface area contributed by atoms with E-state index in [2.05, 4.69) is 31.3 Å². The predicted octanol–water partition coefficient (Wildman–Crippen LogP) is -3.08. The van der Waals surface area contributed by atoms with Gasteiger partial charge in [-0.25, -0.2) is 0 Å². The molecule has 0 fully saturated rings. The van der Waals surface area contributed by atoms with Gasteiger partial charge in [-0.1, -0.05) is 33.7 Å². The fourth-order valence-corrected chi connectivity index (χ4v) is 0.738. The summed E-state index contributed by atoms with van der Waals surface area (Å²) in [7, 11) is 0. The van der Waals surface area contributed by atoms with E-state index in [0.717, 1.165) is 0 Å². The summed E-state index contributed by atoms with van der Waals surface area (Å²) in [5.41, 5.74) is 20.3. The topological polar surface area (TPSA) is 261 Å². The molecule has 0 aliphatic heterocycles. The SMILES string of the molecule is NC(CNCC(N)=NO)=NO.NC(C[N-]CC(N)=NO)=NO.[Cu+2]. The van der Waals surface area contributed by atoms with Gasteiger partial charge in [-0.3, -0.25) is 0 Å². The summed E-state index contributed by atoms with van der Waals surface area (Å²) in [6, 6.07) is 0. The van der Waals surface area contributed by atoms with Crippen molar-refractivity contribution in [3.8, 4) is 0 Å². The van der Waals surface area contributed by atoms with Crippen LogP contribution in [-0.4, -0.2) is 70.4 Å². The van der Waals surface area contributed by atoms with E-state index < -0.39 is 0 Å². The van der Waals surface area contributed by atoms with Gasteiger partial charge in [-0.05, 0) is 0 Å². The molecule has 0 amide bonds. The molecule has 0 saturated heterocycles. The number of nitrogens with two attached hydrogens (primary N) is 4. The fraction of sp³-hybridized carbons (Fsp3) is 0.500. The standard InChI is InChI=1S/C4H11N5O2.C4H10N5O2.Cu/c2*5-3(8-10)1-7-2-4(6)9-11;/h7,10-11H,1-2H2,(H2,5,8)(H2,6,9);10-11H,1-2H2,(H2,5,8)(H2,6,9);/q;-1;+2. The van der Waals surface area contributed by atoms with Crippen molar-refractivity contribution in [3.05, 3.63) is 5.32 Å². The minimum Gasteiger partial charge on any atom is -0.649 e. The molecule has 137 valence electrons. The summed E-state index contributed by atoms with van der Waals surface area (Å²) in [5.74, 6) is 0.0398. The Hall–Kier alpha value is -2.48. The third-order valence-electron chi connectivity index (χ3n) is 1.67. The van der Waals surface area contributed by atoms with Crippen molar-refractivity contribution < 1.29 is 37.9 Å². The van der Waals surface area contributed by atoms with Gasteiger partial charge in [0.2, 0.25) is 0 Å². The molecule has 0 aliphatic carbocycles. The Morgan fingerprint density at radius 2 is 1.00 bits per heavy atom. The molecular formula is C8H21CuN10O4+. The summed E-state index contributed by atoms with van der Waals surface area (Å²) in [6.45, 7) is 0.499. The number of nitrogens with one attached hydrogen (secondary N) is 1. The van der Waals surface area contributed by atoms with Gasteiger partial charge in [-0.2, -0.15) is 0 Å². The molecule has 0 atom stereocenters. The van der Waals surface area contributed by atoms with E-state index >= 15 is 0 Å². The van der Waals surface area contributed by atoms with Crippen LogP contribution in [0.25, 0.3) is 5.32 Å². The zero-order valence-corrected chi connectivity index (χ0v) is 12.9. The van der Waals surface area contributed by atoms with E-state index in [9.17, 15) is 0 Å². The molecule has 0 aromatic heterocycles. The maximum atomic E-state index is 8.07. The number of oxime groups is 4. The largest absolute Gasteiger partial charge is 2.00 e. The average molecular weight is 385 g/mol. The van der Waals surface area contributed by atoms with Crippen molar-refractivity contribution in [2.75, 3.05) is 26.2 Å². The molecule has 0 unspecified atom stereocenters. The molecule has 0 aliphatic rings. The molecule has 0 saturated carbocycles. The van der Waals surface area contributed by atoms with Gasteiger partial charge in [0.05, 0.1) is 13.1 Å². The van der Waals surface area contributed by atoms with Crippen LogP contribution in [0.3, 0.4) is 0 Å². The van der Waals surface area contributed by atoms with Crippen molar-refractivity contribution in [2.45, 2.75) is 0 Å². The van der Waals surface area contributed by atoms with Crippen LogP contribution in [0.4, 0.5) is 0 Å². The summed E-state index contributed by atoms with van der Waals surface area (Å²) < 4.78 is 0. The maximum absolute atomic E-state index is 8.07. The average Bonchev–Trinajstić information content (AvgIpc) is 2.54. The third kappa shape index (κ3) is 19.5. The molecule has 0 aromatic rings. The zero-order valence-electron chi connectivity index (χ0n) is 12.0. The van der Waals surface area contributed by atoms with Gasteiger partial charge >= 0.3 is 17.1 Å². The molecule has 0 aromatic carbocycles. The van der Waals surface area contributed by atoms with Gasteiger partial charge in [0, 0.05) is 0 Å². The molecule has 15 heteroatoms. The van der Waals surface area contributed by atoms with Gasteiger partial charge in [-0.15, -0.1) is 0 Å². The second kappa shape index (κ2) is 17.6. The molecule has 0 spiro atoms. The quantitative estimate of drug-likeness (QED) is 0.0673. The fourth-order valence-electron chi connectivity index (χ4n) is 0.738. The number of hydrogen-bond donors (Lipinski definition) is 9. The van der Waals surface area contributed by atoms with Gasteiger partial charge in [0.1, 0.15) is 11.7 Å². The molecule has 14 nitrogen and oxygen atoms in total. The smallest absolute Gasteiger partial charge is 0.649 e. The summed E-state index contributed by atoms with van der Waals surface area (Å²) in [4.78, 5) is 0. The van der Waals surface area contributed by atoms with Crippen LogP contribution in [0.1, 0.15) is 0 Å². The van der Waals surface area contributed by atoms with Crippen molar-refractivity contribution in [3.63, 3.8) is 0 Å². The molecule has 1 radical (unpaired) electrons. The van der Waals surface area contributed by atoms with E-state index in [-0.39, 0.29) is 66.6 Å². The Morgan fingerprint density at radius 1 is 0.696 bits per heavy atom. The van der Waals surface area contributed by atoms with Crippen LogP contribution >= 0.6 is 0 Å². The van der Waals surface area contributed by atoms with Crippen LogP contribution in [0.5, 0.6) is 0 Å². The van der Waals surface area contributed by atoms with Crippen LogP contribution in [-0.2, 0) is 17.1 Å². The predicted molar refractivity (Wildman–Crippen MR) is 79.6 cm³/mol. The minimum atomic E-state index is -0.0178. The minimum absolute atomic E-state index is 0. The van der Waals surface area contributed by atoms with Crippen LogP contribution < -0.4 is 28.3 Å². The van der Waals surface area contributed by atoms with E-state index in [4.69, 9.17) is 43.8 Å². The zero-order chi connectivity index (χ0) is 17.4. The van der Waals surface area contributed by atoms with Gasteiger partial charge < -0.3 is 54.4 Å². The van der Waals surface area contributed by atoms with Gasteiger partial charge in [0.25, 0.3) is 0 Å². The van der Waals surface area contributed by atoms with Crippen molar-refractivity contribution in [1.29, 1.82) is 0 Å². The molecule has 0 bridgehead atoms. The Bertz CT molecular complexity index is 340. The maximum Gasteiger partial charge on any atom is 2.00 e. The van der Waals surface area contributed by atoms with Crippen molar-refractivity contribution >= 4 is 23.3 Å². The first kappa shape index (κ1) is 25.5. The first-order chi connectivity index (χ1) is 10.4. The summed E-state index contributed by atoms with van der Waals surface area (Å²) in [6.07, 6.45) is 0. The molecular weight excluding hydrogens is 364 g/mol. The molecule has 23 heavy (non-hydrogen) atoms. The van der Waals surface area contributed by atoms with Crippen molar-refractivity contribution in [1.82, 2.24) is 5.32 Å². The van der Waals surface area contributed by atoms with Crippen LogP contribution in [0.2, 0.25) is 0 Å². The number of hydrogen-bond acceptors (Lipinski definition) is 9. The Labute approximate surface area is 142 Å². The normalized spacial score (nSPS) is 12.9. The van der Waals surface area contributed by atoms with E-state index in [0.29, 0.717) is 0 Å². The Kier molecular flexibility index (Phi) is 19.5. The number of rotatable bonds is 8. The molecule has 0 rings (SSSR count). The summed E-state index contributed by atoms with van der Waals surface area (Å²) >= 11 is 0. The monoisotopic (exact) mass is 384 g/mol. The van der Waals surface area contributed by atoms with Crippen LogP contribution in [0, 0.1) is 0 Å². The first-order valence-electron chi connectivity index (χ1n) is 5.60. The van der Waals surface area contributed by atoms with Crippen LogP contribution in [0.15, 0.2) is 20.6 Å². The van der Waals surface area contributed by atoms with Gasteiger partial charge in [0.15, 0.2) is 11.7 Å². The first-order valence-corrected chi connectivity index (χ1v) is 5.60. The van der Waals surface area contributed by atoms with E-state index in [1.54, 1.807) is 0 Å². The third-order valence-corrected chi connectivity index (χ3v) is 1.67. The number of amidine groups is 4. The molecule has 0 heterocycles.